The third-order valence-corrected chi connectivity index (χ3v) is 3.54. The van der Waals surface area contributed by atoms with Crippen molar-refractivity contribution >= 4 is 16.8 Å². The summed E-state index contributed by atoms with van der Waals surface area (Å²) in [7, 11) is 3.28. The van der Waals surface area contributed by atoms with E-state index in [1.807, 2.05) is 47.3 Å². The molecule has 0 aliphatic heterocycles. The lowest BCUT2D eigenvalue weighted by Crippen LogP contribution is -2.17. The number of benzene rings is 2. The predicted molar refractivity (Wildman–Crippen MR) is 85.2 cm³/mol. The van der Waals surface area contributed by atoms with Crippen LogP contribution >= 0.6 is 0 Å². The minimum Gasteiger partial charge on any atom is -0.497 e. The summed E-state index contributed by atoms with van der Waals surface area (Å²) in [6.45, 7) is 0.675. The van der Waals surface area contributed by atoms with E-state index < -0.39 is 0 Å². The second kappa shape index (κ2) is 5.89. The number of aromatic nitrogens is 2. The molecule has 0 aliphatic carbocycles. The molecule has 0 unspecified atom stereocenters. The summed E-state index contributed by atoms with van der Waals surface area (Å²) in [5.74, 6) is 0.745. The van der Waals surface area contributed by atoms with Crippen molar-refractivity contribution < 1.29 is 9.53 Å². The third kappa shape index (κ3) is 2.79. The highest BCUT2D eigenvalue weighted by molar-refractivity contribution is 5.97. The van der Waals surface area contributed by atoms with Gasteiger partial charge in [-0.2, -0.15) is 5.10 Å². The predicted octanol–water partition coefficient (Wildman–Crippen LogP) is 2.45. The normalized spacial score (nSPS) is 10.6. The molecular weight excluding hydrogens is 278 g/mol. The maximum absolute atomic E-state index is 11.7. The lowest BCUT2D eigenvalue weighted by molar-refractivity contribution is 0.0963. The molecular formula is C17H17N3O2. The number of nitrogens with zero attached hydrogens (tertiary/aromatic N) is 2. The van der Waals surface area contributed by atoms with Gasteiger partial charge in [-0.05, 0) is 35.9 Å². The zero-order valence-electron chi connectivity index (χ0n) is 12.5. The minimum atomic E-state index is -0.0928. The van der Waals surface area contributed by atoms with Gasteiger partial charge in [-0.25, -0.2) is 0 Å². The van der Waals surface area contributed by atoms with Gasteiger partial charge in [-0.1, -0.05) is 12.1 Å². The van der Waals surface area contributed by atoms with Crippen molar-refractivity contribution in [2.75, 3.05) is 14.2 Å². The molecule has 1 aromatic heterocycles. The van der Waals surface area contributed by atoms with Gasteiger partial charge in [0.2, 0.25) is 0 Å². The first kappa shape index (κ1) is 14.1. The van der Waals surface area contributed by atoms with Crippen molar-refractivity contribution in [3.63, 3.8) is 0 Å². The molecule has 0 aliphatic rings. The summed E-state index contributed by atoms with van der Waals surface area (Å²) in [6, 6.07) is 13.4. The fraction of sp³-hybridized carbons (Fsp3) is 0.176. The Hall–Kier alpha value is -2.82. The minimum absolute atomic E-state index is 0.0928. The Morgan fingerprint density at radius 3 is 2.68 bits per heavy atom. The van der Waals surface area contributed by atoms with Crippen molar-refractivity contribution in [1.29, 1.82) is 0 Å². The summed E-state index contributed by atoms with van der Waals surface area (Å²) in [5.41, 5.74) is 2.65. The molecule has 5 nitrogen and oxygen atoms in total. The lowest BCUT2D eigenvalue weighted by atomic mass is 10.1. The van der Waals surface area contributed by atoms with Gasteiger partial charge in [0.25, 0.3) is 5.91 Å². The summed E-state index contributed by atoms with van der Waals surface area (Å²) >= 11 is 0. The number of nitrogens with one attached hydrogen (secondary N) is 1. The molecule has 0 atom stereocenters. The number of hydrogen-bond donors (Lipinski definition) is 1. The summed E-state index contributed by atoms with van der Waals surface area (Å²) in [6.07, 6.45) is 1.95. The quantitative estimate of drug-likeness (QED) is 0.804. The highest BCUT2D eigenvalue weighted by Crippen LogP contribution is 2.17. The van der Waals surface area contributed by atoms with Crippen LogP contribution in [-0.2, 0) is 6.54 Å². The van der Waals surface area contributed by atoms with Gasteiger partial charge >= 0.3 is 0 Å². The molecule has 5 heteroatoms. The Labute approximate surface area is 128 Å². The molecule has 0 saturated carbocycles. The lowest BCUT2D eigenvalue weighted by Gasteiger charge is -2.03. The molecule has 1 N–H and O–H groups in total. The van der Waals surface area contributed by atoms with Crippen LogP contribution in [0.5, 0.6) is 5.75 Å². The van der Waals surface area contributed by atoms with Crippen LogP contribution in [-0.4, -0.2) is 29.8 Å². The Kier molecular flexibility index (Phi) is 3.78. The number of fused-ring (bicyclic) bond motifs is 1. The number of carbonyl (C=O) groups is 1. The number of amides is 1. The molecule has 0 radical (unpaired) electrons. The van der Waals surface area contributed by atoms with Gasteiger partial charge in [-0.15, -0.1) is 0 Å². The van der Waals surface area contributed by atoms with E-state index in [0.717, 1.165) is 22.2 Å². The fourth-order valence-electron chi connectivity index (χ4n) is 2.36. The van der Waals surface area contributed by atoms with Crippen LogP contribution in [0, 0.1) is 0 Å². The van der Waals surface area contributed by atoms with Crippen molar-refractivity contribution in [3.8, 4) is 5.75 Å². The van der Waals surface area contributed by atoms with Crippen molar-refractivity contribution in [2.45, 2.75) is 6.54 Å². The van der Waals surface area contributed by atoms with Crippen molar-refractivity contribution in [1.82, 2.24) is 15.1 Å². The maximum Gasteiger partial charge on any atom is 0.251 e. The summed E-state index contributed by atoms with van der Waals surface area (Å²) < 4.78 is 7.03. The van der Waals surface area contributed by atoms with Crippen LogP contribution < -0.4 is 10.1 Å². The molecule has 0 spiro atoms. The number of rotatable bonds is 4. The molecule has 22 heavy (non-hydrogen) atoms. The zero-order valence-corrected chi connectivity index (χ0v) is 12.5. The van der Waals surface area contributed by atoms with Gasteiger partial charge < -0.3 is 10.1 Å². The van der Waals surface area contributed by atoms with Crippen LogP contribution in [0.3, 0.4) is 0 Å². The van der Waals surface area contributed by atoms with Crippen LogP contribution in [0.2, 0.25) is 0 Å². The number of carbonyl (C=O) groups excluding carboxylic acids is 1. The smallest absolute Gasteiger partial charge is 0.251 e. The molecule has 1 heterocycles. The topological polar surface area (TPSA) is 56.2 Å². The standard InChI is InChI=1S/C17H17N3O2/c1-18-17(21)13-5-8-16-14(9-13)11-20(19-16)10-12-3-6-15(22-2)7-4-12/h3-9,11H,10H2,1-2H3,(H,18,21). The van der Waals surface area contributed by atoms with Crippen LogP contribution in [0.25, 0.3) is 10.9 Å². The second-order valence-corrected chi connectivity index (χ2v) is 5.03. The Balaban J connectivity index is 1.86. The summed E-state index contributed by atoms with van der Waals surface area (Å²) in [4.78, 5) is 11.7. The van der Waals surface area contributed by atoms with E-state index in [2.05, 4.69) is 10.4 Å². The second-order valence-electron chi connectivity index (χ2n) is 5.03. The number of ether oxygens (including phenoxy) is 1. The first-order valence-electron chi connectivity index (χ1n) is 7.02. The van der Waals surface area contributed by atoms with Crippen molar-refractivity contribution in [3.05, 3.63) is 59.8 Å². The van der Waals surface area contributed by atoms with E-state index in [-0.39, 0.29) is 5.91 Å². The van der Waals surface area contributed by atoms with E-state index in [1.54, 1.807) is 20.2 Å². The van der Waals surface area contributed by atoms with Gasteiger partial charge in [0.05, 0.1) is 19.2 Å². The average Bonchev–Trinajstić information content (AvgIpc) is 2.96. The first-order chi connectivity index (χ1) is 10.7. The molecule has 3 rings (SSSR count). The number of hydrogen-bond acceptors (Lipinski definition) is 3. The zero-order chi connectivity index (χ0) is 15.5. The first-order valence-corrected chi connectivity index (χ1v) is 7.02. The SMILES string of the molecule is CNC(=O)c1ccc2nn(Cc3ccc(OC)cc3)cc2c1. The van der Waals surface area contributed by atoms with Gasteiger partial charge in [0, 0.05) is 24.2 Å². The molecule has 2 aromatic carbocycles. The highest BCUT2D eigenvalue weighted by atomic mass is 16.5. The molecule has 3 aromatic rings. The molecule has 112 valence electrons. The highest BCUT2D eigenvalue weighted by Gasteiger charge is 2.07. The number of methoxy groups -OCH3 is 1. The fourth-order valence-corrected chi connectivity index (χ4v) is 2.36. The maximum atomic E-state index is 11.7. The van der Waals surface area contributed by atoms with Crippen LogP contribution in [0.1, 0.15) is 15.9 Å². The Morgan fingerprint density at radius 2 is 2.00 bits per heavy atom. The van der Waals surface area contributed by atoms with Crippen LogP contribution in [0.15, 0.2) is 48.7 Å². The van der Waals surface area contributed by atoms with Gasteiger partial charge in [-0.3, -0.25) is 9.48 Å². The molecule has 0 bridgehead atoms. The van der Waals surface area contributed by atoms with E-state index in [4.69, 9.17) is 4.74 Å². The average molecular weight is 295 g/mol. The van der Waals surface area contributed by atoms with Crippen molar-refractivity contribution in [2.24, 2.45) is 0 Å². The van der Waals surface area contributed by atoms with E-state index >= 15 is 0 Å². The van der Waals surface area contributed by atoms with E-state index in [1.165, 1.54) is 0 Å². The monoisotopic (exact) mass is 295 g/mol. The Bertz CT molecular complexity index is 806. The van der Waals surface area contributed by atoms with Gasteiger partial charge in [0.1, 0.15) is 5.75 Å². The third-order valence-electron chi connectivity index (χ3n) is 3.54. The molecule has 1 amide bonds. The van der Waals surface area contributed by atoms with E-state index in [0.29, 0.717) is 12.1 Å². The Morgan fingerprint density at radius 1 is 1.23 bits per heavy atom. The molecule has 0 saturated heterocycles. The largest absolute Gasteiger partial charge is 0.497 e. The van der Waals surface area contributed by atoms with E-state index in [9.17, 15) is 4.79 Å². The molecule has 0 fully saturated rings. The van der Waals surface area contributed by atoms with Crippen LogP contribution in [0.4, 0.5) is 0 Å². The summed E-state index contributed by atoms with van der Waals surface area (Å²) in [5, 5.41) is 8.11. The van der Waals surface area contributed by atoms with Gasteiger partial charge in [0.15, 0.2) is 0 Å².